The van der Waals surface area contributed by atoms with E-state index >= 15 is 0 Å². The number of anilines is 3. The van der Waals surface area contributed by atoms with Gasteiger partial charge in [-0.2, -0.15) is 0 Å². The Morgan fingerprint density at radius 3 is 2.07 bits per heavy atom. The first-order chi connectivity index (χ1) is 13.4. The molecule has 0 aliphatic heterocycles. The molecule has 0 bridgehead atoms. The summed E-state index contributed by atoms with van der Waals surface area (Å²) in [5, 5.41) is 13.7. The van der Waals surface area contributed by atoms with Crippen LogP contribution in [0.5, 0.6) is 0 Å². The third-order valence-electron chi connectivity index (χ3n) is 3.99. The van der Waals surface area contributed by atoms with Crippen LogP contribution in [0.4, 0.5) is 17.2 Å². The summed E-state index contributed by atoms with van der Waals surface area (Å²) >= 11 is 0. The normalized spacial score (nSPS) is 10.2. The molecule has 1 aromatic heterocycles. The smallest absolute Gasteiger partial charge is 0.276 e. The molecular formula is C21H18N4O3. The maximum absolute atomic E-state index is 12.3. The standard InChI is InChI=1S/C21H18N4O3/c1-13(26)15-6-8-17(9-7-15)22-20-11-10-19(24-25-20)21(28)23-18-5-3-4-16(12-18)14(2)27/h3-12H,1-2H3,(H,22,25)(H,23,28). The fourth-order valence-electron chi connectivity index (χ4n) is 2.47. The van der Waals surface area contributed by atoms with Crippen LogP contribution in [0.2, 0.25) is 0 Å². The van der Waals surface area contributed by atoms with Gasteiger partial charge in [-0.1, -0.05) is 12.1 Å². The topological polar surface area (TPSA) is 101 Å². The summed E-state index contributed by atoms with van der Waals surface area (Å²) in [7, 11) is 0. The molecular weight excluding hydrogens is 356 g/mol. The van der Waals surface area contributed by atoms with E-state index in [-0.39, 0.29) is 17.3 Å². The highest BCUT2D eigenvalue weighted by molar-refractivity contribution is 6.03. The van der Waals surface area contributed by atoms with Crippen molar-refractivity contribution < 1.29 is 14.4 Å². The summed E-state index contributed by atoms with van der Waals surface area (Å²) in [4.78, 5) is 35.1. The molecule has 2 N–H and O–H groups in total. The summed E-state index contributed by atoms with van der Waals surface area (Å²) in [6.07, 6.45) is 0. The summed E-state index contributed by atoms with van der Waals surface area (Å²) in [5.74, 6) is -0.0468. The van der Waals surface area contributed by atoms with Crippen molar-refractivity contribution in [3.8, 4) is 0 Å². The zero-order chi connectivity index (χ0) is 20.1. The first kappa shape index (κ1) is 18.9. The maximum Gasteiger partial charge on any atom is 0.276 e. The first-order valence-electron chi connectivity index (χ1n) is 8.56. The van der Waals surface area contributed by atoms with Gasteiger partial charge in [0.15, 0.2) is 23.1 Å². The highest BCUT2D eigenvalue weighted by Gasteiger charge is 2.10. The van der Waals surface area contributed by atoms with Crippen LogP contribution in [-0.2, 0) is 0 Å². The lowest BCUT2D eigenvalue weighted by Crippen LogP contribution is -2.15. The zero-order valence-corrected chi connectivity index (χ0v) is 15.4. The minimum Gasteiger partial charge on any atom is -0.339 e. The Hall–Kier alpha value is -3.87. The second-order valence-corrected chi connectivity index (χ2v) is 6.15. The lowest BCUT2D eigenvalue weighted by Gasteiger charge is -2.07. The molecule has 0 spiro atoms. The molecule has 1 heterocycles. The molecule has 3 aromatic rings. The Morgan fingerprint density at radius 1 is 0.750 bits per heavy atom. The van der Waals surface area contributed by atoms with Crippen LogP contribution in [-0.4, -0.2) is 27.7 Å². The summed E-state index contributed by atoms with van der Waals surface area (Å²) in [6.45, 7) is 2.97. The number of nitrogens with zero attached hydrogens (tertiary/aromatic N) is 2. The predicted octanol–water partition coefficient (Wildman–Crippen LogP) is 3.88. The van der Waals surface area contributed by atoms with E-state index in [2.05, 4.69) is 20.8 Å². The number of ketones is 2. The van der Waals surface area contributed by atoms with Gasteiger partial charge in [0.05, 0.1) is 0 Å². The van der Waals surface area contributed by atoms with Crippen LogP contribution in [0.1, 0.15) is 45.1 Å². The summed E-state index contributed by atoms with van der Waals surface area (Å²) in [6, 6.07) is 16.8. The van der Waals surface area contributed by atoms with Gasteiger partial charge in [-0.25, -0.2) is 0 Å². The van der Waals surface area contributed by atoms with Crippen molar-refractivity contribution in [3.05, 3.63) is 77.5 Å². The third-order valence-corrected chi connectivity index (χ3v) is 3.99. The molecule has 0 atom stereocenters. The second-order valence-electron chi connectivity index (χ2n) is 6.15. The minimum absolute atomic E-state index is 0.00412. The maximum atomic E-state index is 12.3. The van der Waals surface area contributed by atoms with Crippen LogP contribution in [0.3, 0.4) is 0 Å². The Balaban J connectivity index is 1.66. The van der Waals surface area contributed by atoms with Gasteiger partial charge >= 0.3 is 0 Å². The number of aromatic nitrogens is 2. The SMILES string of the molecule is CC(=O)c1ccc(Nc2ccc(C(=O)Nc3cccc(C(C)=O)c3)nn2)cc1. The quantitative estimate of drug-likeness (QED) is 0.635. The Labute approximate surface area is 161 Å². The number of carbonyl (C=O) groups excluding carboxylic acids is 3. The van der Waals surface area contributed by atoms with E-state index in [1.54, 1.807) is 60.7 Å². The van der Waals surface area contributed by atoms with Crippen LogP contribution in [0, 0.1) is 0 Å². The Bertz CT molecular complexity index is 1030. The van der Waals surface area contributed by atoms with Gasteiger partial charge in [-0.3, -0.25) is 14.4 Å². The largest absolute Gasteiger partial charge is 0.339 e. The Morgan fingerprint density at radius 2 is 1.46 bits per heavy atom. The highest BCUT2D eigenvalue weighted by Crippen LogP contribution is 2.16. The lowest BCUT2D eigenvalue weighted by molar-refractivity contribution is 0.100. The molecule has 0 saturated carbocycles. The molecule has 0 fully saturated rings. The number of amides is 1. The minimum atomic E-state index is -0.425. The molecule has 0 saturated heterocycles. The van der Waals surface area contributed by atoms with E-state index in [1.807, 2.05) is 0 Å². The molecule has 3 rings (SSSR count). The lowest BCUT2D eigenvalue weighted by atomic mass is 10.1. The van der Waals surface area contributed by atoms with E-state index in [0.29, 0.717) is 22.6 Å². The average Bonchev–Trinajstić information content (AvgIpc) is 2.69. The molecule has 0 aliphatic rings. The zero-order valence-electron chi connectivity index (χ0n) is 15.4. The Kier molecular flexibility index (Phi) is 5.55. The summed E-state index contributed by atoms with van der Waals surface area (Å²) in [5.41, 5.74) is 2.53. The van der Waals surface area contributed by atoms with Crippen molar-refractivity contribution in [2.45, 2.75) is 13.8 Å². The number of hydrogen-bond donors (Lipinski definition) is 2. The number of nitrogens with one attached hydrogen (secondary N) is 2. The van der Waals surface area contributed by atoms with Crippen molar-refractivity contribution >= 4 is 34.7 Å². The summed E-state index contributed by atoms with van der Waals surface area (Å²) < 4.78 is 0. The van der Waals surface area contributed by atoms with Crippen molar-refractivity contribution in [3.63, 3.8) is 0 Å². The van der Waals surface area contributed by atoms with E-state index in [1.165, 1.54) is 13.8 Å². The molecule has 140 valence electrons. The van der Waals surface area contributed by atoms with E-state index in [4.69, 9.17) is 0 Å². The van der Waals surface area contributed by atoms with Gasteiger partial charge in [0.2, 0.25) is 0 Å². The number of benzene rings is 2. The molecule has 7 heteroatoms. The van der Waals surface area contributed by atoms with Gasteiger partial charge in [0.25, 0.3) is 5.91 Å². The van der Waals surface area contributed by atoms with Crippen LogP contribution in [0.25, 0.3) is 0 Å². The van der Waals surface area contributed by atoms with Crippen LogP contribution in [0.15, 0.2) is 60.7 Å². The monoisotopic (exact) mass is 374 g/mol. The predicted molar refractivity (Wildman–Crippen MR) is 106 cm³/mol. The third kappa shape index (κ3) is 4.64. The number of Topliss-reactive ketones (excluding diaryl/α,β-unsaturated/α-hetero) is 2. The molecule has 1 amide bonds. The molecule has 0 unspecified atom stereocenters. The van der Waals surface area contributed by atoms with Crippen LogP contribution >= 0.6 is 0 Å². The van der Waals surface area contributed by atoms with Crippen molar-refractivity contribution in [2.75, 3.05) is 10.6 Å². The van der Waals surface area contributed by atoms with Gasteiger partial charge in [0.1, 0.15) is 0 Å². The highest BCUT2D eigenvalue weighted by atomic mass is 16.2. The van der Waals surface area contributed by atoms with Gasteiger partial charge in [-0.15, -0.1) is 10.2 Å². The number of hydrogen-bond acceptors (Lipinski definition) is 6. The fourth-order valence-corrected chi connectivity index (χ4v) is 2.47. The molecule has 2 aromatic carbocycles. The number of rotatable bonds is 6. The van der Waals surface area contributed by atoms with E-state index < -0.39 is 5.91 Å². The fraction of sp³-hybridized carbons (Fsp3) is 0.0952. The van der Waals surface area contributed by atoms with E-state index in [9.17, 15) is 14.4 Å². The molecule has 7 nitrogen and oxygen atoms in total. The second kappa shape index (κ2) is 8.22. The number of carbonyl (C=O) groups is 3. The van der Waals surface area contributed by atoms with Crippen molar-refractivity contribution in [1.29, 1.82) is 0 Å². The van der Waals surface area contributed by atoms with Crippen molar-refractivity contribution in [1.82, 2.24) is 10.2 Å². The van der Waals surface area contributed by atoms with Crippen LogP contribution < -0.4 is 10.6 Å². The molecule has 28 heavy (non-hydrogen) atoms. The van der Waals surface area contributed by atoms with Gasteiger partial charge in [-0.05, 0) is 62.4 Å². The molecule has 0 radical (unpaired) electrons. The molecule has 0 aliphatic carbocycles. The van der Waals surface area contributed by atoms with E-state index in [0.717, 1.165) is 5.69 Å². The first-order valence-corrected chi connectivity index (χ1v) is 8.56. The van der Waals surface area contributed by atoms with Crippen molar-refractivity contribution in [2.24, 2.45) is 0 Å². The van der Waals surface area contributed by atoms with Gasteiger partial charge in [0, 0.05) is 22.5 Å². The van der Waals surface area contributed by atoms with Gasteiger partial charge < -0.3 is 10.6 Å². The average molecular weight is 374 g/mol.